The second-order valence-electron chi connectivity index (χ2n) is 5.46. The van der Waals surface area contributed by atoms with Crippen LogP contribution >= 0.6 is 0 Å². The van der Waals surface area contributed by atoms with E-state index in [2.05, 4.69) is 24.5 Å². The summed E-state index contributed by atoms with van der Waals surface area (Å²) in [6, 6.07) is 14.5. The largest absolute Gasteiger partial charge is 0.497 e. The van der Waals surface area contributed by atoms with Crippen LogP contribution < -0.4 is 15.4 Å². The topological polar surface area (TPSA) is 74.2 Å². The highest BCUT2D eigenvalue weighted by atomic mass is 16.5. The Morgan fingerprint density at radius 3 is 2.17 bits per heavy atom. The molecular weight excluding hydrogens is 290 g/mol. The van der Waals surface area contributed by atoms with Crippen LogP contribution in [0, 0.1) is 5.41 Å². The Hall–Kier alpha value is -2.82. The van der Waals surface area contributed by atoms with Gasteiger partial charge in [0.05, 0.1) is 7.11 Å². The van der Waals surface area contributed by atoms with Gasteiger partial charge in [0, 0.05) is 11.3 Å². The van der Waals surface area contributed by atoms with Gasteiger partial charge in [-0.25, -0.2) is 0 Å². The van der Waals surface area contributed by atoms with Crippen LogP contribution in [0.4, 0.5) is 5.69 Å². The van der Waals surface area contributed by atoms with E-state index < -0.39 is 0 Å². The molecule has 2 aromatic rings. The molecule has 0 aromatic heterocycles. The van der Waals surface area contributed by atoms with Gasteiger partial charge in [-0.2, -0.15) is 0 Å². The van der Waals surface area contributed by atoms with Gasteiger partial charge in [0.25, 0.3) is 5.91 Å². The van der Waals surface area contributed by atoms with E-state index in [9.17, 15) is 4.79 Å². The average molecular weight is 311 g/mol. The number of nitrogens with one attached hydrogen (secondary N) is 3. The highest BCUT2D eigenvalue weighted by molar-refractivity contribution is 6.08. The van der Waals surface area contributed by atoms with E-state index in [4.69, 9.17) is 10.1 Å². The number of benzene rings is 2. The van der Waals surface area contributed by atoms with Crippen molar-refractivity contribution >= 4 is 17.6 Å². The SMILES string of the molecule is COc1ccc(C(=O)NC(=N)Nc2ccc(C(C)C)cc2)cc1. The van der Waals surface area contributed by atoms with Crippen molar-refractivity contribution in [2.24, 2.45) is 0 Å². The molecule has 2 aromatic carbocycles. The first-order valence-electron chi connectivity index (χ1n) is 7.40. The summed E-state index contributed by atoms with van der Waals surface area (Å²) in [5.41, 5.74) is 2.45. The van der Waals surface area contributed by atoms with E-state index in [1.807, 2.05) is 24.3 Å². The number of ether oxygens (including phenoxy) is 1. The van der Waals surface area contributed by atoms with Gasteiger partial charge >= 0.3 is 0 Å². The first-order valence-corrected chi connectivity index (χ1v) is 7.40. The standard InChI is InChI=1S/C18H21N3O2/c1-12(2)13-4-8-15(9-5-13)20-18(19)21-17(22)14-6-10-16(23-3)11-7-14/h4-12H,1-3H3,(H3,19,20,21,22). The minimum atomic E-state index is -0.344. The maximum absolute atomic E-state index is 12.1. The molecule has 0 aliphatic carbocycles. The molecule has 0 saturated carbocycles. The van der Waals surface area contributed by atoms with Crippen molar-refractivity contribution < 1.29 is 9.53 Å². The number of guanidine groups is 1. The Bertz CT molecular complexity index is 676. The van der Waals surface area contributed by atoms with Crippen molar-refractivity contribution in [1.29, 1.82) is 5.41 Å². The number of carbonyl (C=O) groups excluding carboxylic acids is 1. The first-order chi connectivity index (χ1) is 11.0. The summed E-state index contributed by atoms with van der Waals surface area (Å²) in [5.74, 6) is 0.727. The molecule has 2 rings (SSSR count). The first kappa shape index (κ1) is 16.5. The summed E-state index contributed by atoms with van der Waals surface area (Å²) in [5, 5.41) is 13.2. The molecule has 23 heavy (non-hydrogen) atoms. The lowest BCUT2D eigenvalue weighted by Crippen LogP contribution is -2.35. The van der Waals surface area contributed by atoms with Crippen molar-refractivity contribution in [2.45, 2.75) is 19.8 Å². The molecule has 0 saturated heterocycles. The third kappa shape index (κ3) is 4.57. The fraction of sp³-hybridized carbons (Fsp3) is 0.222. The van der Waals surface area contributed by atoms with Gasteiger partial charge in [-0.3, -0.25) is 15.5 Å². The fourth-order valence-corrected chi connectivity index (χ4v) is 2.06. The molecule has 5 nitrogen and oxygen atoms in total. The molecule has 120 valence electrons. The van der Waals surface area contributed by atoms with E-state index in [0.29, 0.717) is 17.2 Å². The van der Waals surface area contributed by atoms with E-state index in [1.54, 1.807) is 31.4 Å². The van der Waals surface area contributed by atoms with Gasteiger partial charge < -0.3 is 10.1 Å². The molecule has 1 amide bonds. The Morgan fingerprint density at radius 2 is 1.65 bits per heavy atom. The number of hydrogen-bond donors (Lipinski definition) is 3. The van der Waals surface area contributed by atoms with Crippen LogP contribution in [0.2, 0.25) is 0 Å². The maximum Gasteiger partial charge on any atom is 0.257 e. The molecule has 0 radical (unpaired) electrons. The van der Waals surface area contributed by atoms with Crippen LogP contribution in [-0.4, -0.2) is 19.0 Å². The zero-order valence-electron chi connectivity index (χ0n) is 13.5. The van der Waals surface area contributed by atoms with E-state index in [1.165, 1.54) is 5.56 Å². The molecule has 0 aliphatic rings. The highest BCUT2D eigenvalue weighted by Gasteiger charge is 2.08. The zero-order valence-corrected chi connectivity index (χ0v) is 13.5. The fourth-order valence-electron chi connectivity index (χ4n) is 2.06. The second kappa shape index (κ2) is 7.45. The van der Waals surface area contributed by atoms with Crippen LogP contribution in [-0.2, 0) is 0 Å². The minimum absolute atomic E-state index is 0.0666. The Morgan fingerprint density at radius 1 is 1.04 bits per heavy atom. The molecule has 0 bridgehead atoms. The van der Waals surface area contributed by atoms with E-state index in [0.717, 1.165) is 5.69 Å². The summed E-state index contributed by atoms with van der Waals surface area (Å²) in [7, 11) is 1.57. The van der Waals surface area contributed by atoms with Crippen LogP contribution in [0.25, 0.3) is 0 Å². The molecule has 0 atom stereocenters. The highest BCUT2D eigenvalue weighted by Crippen LogP contribution is 2.17. The lowest BCUT2D eigenvalue weighted by molar-refractivity contribution is 0.0977. The van der Waals surface area contributed by atoms with Gasteiger partial charge in [0.1, 0.15) is 5.75 Å². The van der Waals surface area contributed by atoms with E-state index >= 15 is 0 Å². The molecule has 3 N–H and O–H groups in total. The normalized spacial score (nSPS) is 10.3. The lowest BCUT2D eigenvalue weighted by atomic mass is 10.0. The third-order valence-electron chi connectivity index (χ3n) is 3.44. The molecule has 0 unspecified atom stereocenters. The maximum atomic E-state index is 12.1. The average Bonchev–Trinajstić information content (AvgIpc) is 2.55. The van der Waals surface area contributed by atoms with Gasteiger partial charge in [-0.05, 0) is 47.9 Å². The smallest absolute Gasteiger partial charge is 0.257 e. The van der Waals surface area contributed by atoms with Gasteiger partial charge in [-0.15, -0.1) is 0 Å². The van der Waals surface area contributed by atoms with Crippen LogP contribution in [0.15, 0.2) is 48.5 Å². The Balaban J connectivity index is 1.94. The lowest BCUT2D eigenvalue weighted by Gasteiger charge is -2.11. The molecule has 0 aliphatic heterocycles. The van der Waals surface area contributed by atoms with E-state index in [-0.39, 0.29) is 11.9 Å². The number of anilines is 1. The van der Waals surface area contributed by atoms with Gasteiger partial charge in [0.2, 0.25) is 0 Å². The minimum Gasteiger partial charge on any atom is -0.497 e. The predicted octanol–water partition coefficient (Wildman–Crippen LogP) is 3.60. The zero-order chi connectivity index (χ0) is 16.8. The molecule has 0 fully saturated rings. The quantitative estimate of drug-likeness (QED) is 0.596. The summed E-state index contributed by atoms with van der Waals surface area (Å²) in [4.78, 5) is 12.1. The summed E-state index contributed by atoms with van der Waals surface area (Å²) in [6.45, 7) is 4.25. The number of amides is 1. The number of carbonyl (C=O) groups is 1. The predicted molar refractivity (Wildman–Crippen MR) is 92.3 cm³/mol. The van der Waals surface area contributed by atoms with Crippen molar-refractivity contribution in [3.8, 4) is 5.75 Å². The van der Waals surface area contributed by atoms with Crippen molar-refractivity contribution in [3.63, 3.8) is 0 Å². The third-order valence-corrected chi connectivity index (χ3v) is 3.44. The second-order valence-corrected chi connectivity index (χ2v) is 5.46. The summed E-state index contributed by atoms with van der Waals surface area (Å²) < 4.78 is 5.05. The molecule has 0 heterocycles. The Kier molecular flexibility index (Phi) is 5.36. The number of methoxy groups -OCH3 is 1. The van der Waals surface area contributed by atoms with Crippen LogP contribution in [0.3, 0.4) is 0 Å². The van der Waals surface area contributed by atoms with Crippen LogP contribution in [0.1, 0.15) is 35.7 Å². The van der Waals surface area contributed by atoms with Crippen molar-refractivity contribution in [2.75, 3.05) is 12.4 Å². The number of rotatable bonds is 4. The summed E-state index contributed by atoms with van der Waals surface area (Å²) >= 11 is 0. The Labute approximate surface area is 136 Å². The summed E-state index contributed by atoms with van der Waals surface area (Å²) in [6.07, 6.45) is 0. The molecule has 0 spiro atoms. The van der Waals surface area contributed by atoms with Gasteiger partial charge in [0.15, 0.2) is 5.96 Å². The van der Waals surface area contributed by atoms with Crippen molar-refractivity contribution in [1.82, 2.24) is 5.32 Å². The molecular formula is C18H21N3O2. The van der Waals surface area contributed by atoms with Gasteiger partial charge in [-0.1, -0.05) is 26.0 Å². The molecule has 5 heteroatoms. The van der Waals surface area contributed by atoms with Crippen molar-refractivity contribution in [3.05, 3.63) is 59.7 Å². The number of hydrogen-bond acceptors (Lipinski definition) is 3. The van der Waals surface area contributed by atoms with Crippen LogP contribution in [0.5, 0.6) is 5.75 Å². The monoisotopic (exact) mass is 311 g/mol.